The number of benzene rings is 1. The summed E-state index contributed by atoms with van der Waals surface area (Å²) in [5.74, 6) is -0.903. The van der Waals surface area contributed by atoms with Crippen LogP contribution in [0.3, 0.4) is 0 Å². The number of carboxylic acids is 1. The van der Waals surface area contributed by atoms with E-state index >= 15 is 0 Å². The Morgan fingerprint density at radius 3 is 2.06 bits per heavy atom. The van der Waals surface area contributed by atoms with E-state index in [2.05, 4.69) is 0 Å². The first-order valence-corrected chi connectivity index (χ1v) is 7.04. The molecule has 0 amide bonds. The van der Waals surface area contributed by atoms with Gasteiger partial charge in [-0.15, -0.1) is 0 Å². The molecule has 0 aliphatic carbocycles. The van der Waals surface area contributed by atoms with Crippen LogP contribution in [0.15, 0.2) is 24.3 Å². The number of hydrogen-bond acceptors (Lipinski definition) is 3. The minimum absolute atomic E-state index is 0.0560. The summed E-state index contributed by atoms with van der Waals surface area (Å²) in [6.45, 7) is 3.27. The molecule has 0 aliphatic rings. The molecule has 94 valence electrons. The zero-order valence-electron chi connectivity index (χ0n) is 10.1. The summed E-state index contributed by atoms with van der Waals surface area (Å²) >= 11 is 0. The van der Waals surface area contributed by atoms with Gasteiger partial charge in [-0.1, -0.05) is 24.3 Å². The minimum atomic E-state index is -3.21. The van der Waals surface area contributed by atoms with Crippen molar-refractivity contribution in [3.05, 3.63) is 35.4 Å². The van der Waals surface area contributed by atoms with Gasteiger partial charge in [0, 0.05) is 6.26 Å². The molecule has 0 radical (unpaired) electrons. The summed E-state index contributed by atoms with van der Waals surface area (Å²) in [6.07, 6.45) is 1.14. The normalized spacial score (nSPS) is 12.4. The summed E-state index contributed by atoms with van der Waals surface area (Å²) in [6, 6.07) is 6.63. The Hall–Kier alpha value is -1.36. The van der Waals surface area contributed by atoms with E-state index < -0.39 is 20.6 Å². The van der Waals surface area contributed by atoms with Crippen LogP contribution in [-0.4, -0.2) is 25.7 Å². The van der Waals surface area contributed by atoms with Crippen molar-refractivity contribution in [2.75, 3.05) is 6.26 Å². The van der Waals surface area contributed by atoms with Crippen LogP contribution in [0.2, 0.25) is 0 Å². The fourth-order valence-electron chi connectivity index (χ4n) is 1.41. The van der Waals surface area contributed by atoms with Gasteiger partial charge in [-0.2, -0.15) is 0 Å². The van der Waals surface area contributed by atoms with Gasteiger partial charge in [-0.25, -0.2) is 8.42 Å². The largest absolute Gasteiger partial charge is 0.481 e. The molecule has 0 spiro atoms. The Kier molecular flexibility index (Phi) is 3.62. The first-order valence-electron chi connectivity index (χ1n) is 5.15. The summed E-state index contributed by atoms with van der Waals surface area (Å²) in [4.78, 5) is 10.5. The SMILES string of the molecule is CC(C)(c1ccc(CC(=O)O)cc1)S(C)(=O)=O. The van der Waals surface area contributed by atoms with E-state index in [1.165, 1.54) is 6.26 Å². The van der Waals surface area contributed by atoms with Crippen molar-refractivity contribution in [2.24, 2.45) is 0 Å². The highest BCUT2D eigenvalue weighted by molar-refractivity contribution is 7.91. The number of rotatable bonds is 4. The van der Waals surface area contributed by atoms with Crippen LogP contribution in [-0.2, 0) is 25.8 Å². The Labute approximate surface area is 101 Å². The predicted molar refractivity (Wildman–Crippen MR) is 65.7 cm³/mol. The lowest BCUT2D eigenvalue weighted by atomic mass is 10.00. The molecule has 17 heavy (non-hydrogen) atoms. The molecule has 5 heteroatoms. The number of carbonyl (C=O) groups is 1. The third kappa shape index (κ3) is 3.06. The highest BCUT2D eigenvalue weighted by atomic mass is 32.2. The van der Waals surface area contributed by atoms with Gasteiger partial charge < -0.3 is 5.11 Å². The molecule has 0 fully saturated rings. The van der Waals surface area contributed by atoms with Gasteiger partial charge in [0.15, 0.2) is 9.84 Å². The van der Waals surface area contributed by atoms with Crippen LogP contribution in [0.25, 0.3) is 0 Å². The lowest BCUT2D eigenvalue weighted by Gasteiger charge is -2.23. The number of aliphatic carboxylic acids is 1. The Morgan fingerprint density at radius 1 is 1.24 bits per heavy atom. The maximum Gasteiger partial charge on any atom is 0.307 e. The maximum absolute atomic E-state index is 11.6. The quantitative estimate of drug-likeness (QED) is 0.888. The summed E-state index contributed by atoms with van der Waals surface area (Å²) in [5, 5.41) is 8.63. The average molecular weight is 256 g/mol. The molecule has 1 rings (SSSR count). The molecule has 0 unspecified atom stereocenters. The first kappa shape index (κ1) is 13.7. The molecule has 1 aromatic rings. The van der Waals surface area contributed by atoms with Gasteiger partial charge in [-0.05, 0) is 25.0 Å². The van der Waals surface area contributed by atoms with Crippen molar-refractivity contribution in [3.63, 3.8) is 0 Å². The fourth-order valence-corrected chi connectivity index (χ4v) is 1.98. The number of hydrogen-bond donors (Lipinski definition) is 1. The van der Waals surface area contributed by atoms with E-state index in [9.17, 15) is 13.2 Å². The van der Waals surface area contributed by atoms with Crippen LogP contribution >= 0.6 is 0 Å². The summed E-state index contributed by atoms with van der Waals surface area (Å²) in [5.41, 5.74) is 1.32. The monoisotopic (exact) mass is 256 g/mol. The molecular formula is C12H16O4S. The van der Waals surface area contributed by atoms with Crippen LogP contribution in [0.1, 0.15) is 25.0 Å². The molecule has 0 aliphatic heterocycles. The van der Waals surface area contributed by atoms with Gasteiger partial charge in [0.25, 0.3) is 0 Å². The molecule has 0 saturated carbocycles. The van der Waals surface area contributed by atoms with Crippen molar-refractivity contribution >= 4 is 15.8 Å². The van der Waals surface area contributed by atoms with Gasteiger partial charge in [0.05, 0.1) is 11.2 Å². The van der Waals surface area contributed by atoms with E-state index in [0.717, 1.165) is 0 Å². The van der Waals surface area contributed by atoms with Crippen LogP contribution in [0, 0.1) is 0 Å². The fraction of sp³-hybridized carbons (Fsp3) is 0.417. The van der Waals surface area contributed by atoms with Crippen molar-refractivity contribution in [1.82, 2.24) is 0 Å². The number of sulfone groups is 1. The number of carboxylic acid groups (broad SMARTS) is 1. The molecule has 1 N–H and O–H groups in total. The van der Waals surface area contributed by atoms with Crippen LogP contribution in [0.4, 0.5) is 0 Å². The zero-order chi connectivity index (χ0) is 13.3. The zero-order valence-corrected chi connectivity index (χ0v) is 10.9. The van der Waals surface area contributed by atoms with Gasteiger partial charge in [-0.3, -0.25) is 4.79 Å². The molecule has 0 aromatic heterocycles. The molecular weight excluding hydrogens is 240 g/mol. The van der Waals surface area contributed by atoms with Crippen molar-refractivity contribution < 1.29 is 18.3 Å². The van der Waals surface area contributed by atoms with Crippen LogP contribution < -0.4 is 0 Å². The first-order chi connectivity index (χ1) is 7.64. The highest BCUT2D eigenvalue weighted by Gasteiger charge is 2.31. The lowest BCUT2D eigenvalue weighted by molar-refractivity contribution is -0.136. The van der Waals surface area contributed by atoms with Crippen molar-refractivity contribution in [2.45, 2.75) is 25.0 Å². The van der Waals surface area contributed by atoms with Crippen molar-refractivity contribution in [1.29, 1.82) is 0 Å². The van der Waals surface area contributed by atoms with Gasteiger partial charge >= 0.3 is 5.97 Å². The van der Waals surface area contributed by atoms with E-state index in [0.29, 0.717) is 11.1 Å². The maximum atomic E-state index is 11.6. The van der Waals surface area contributed by atoms with Crippen molar-refractivity contribution in [3.8, 4) is 0 Å². The van der Waals surface area contributed by atoms with E-state index in [1.807, 2.05) is 0 Å². The highest BCUT2D eigenvalue weighted by Crippen LogP contribution is 2.28. The third-order valence-corrected chi connectivity index (χ3v) is 5.02. The Balaban J connectivity index is 3.07. The standard InChI is InChI=1S/C12H16O4S/c1-12(2,17(3,15)16)10-6-4-9(5-7-10)8-11(13)14/h4-7H,8H2,1-3H3,(H,13,14). The van der Waals surface area contributed by atoms with E-state index in [-0.39, 0.29) is 6.42 Å². The molecule has 0 saturated heterocycles. The topological polar surface area (TPSA) is 71.4 Å². The average Bonchev–Trinajstić information content (AvgIpc) is 2.15. The minimum Gasteiger partial charge on any atom is -0.481 e. The second kappa shape index (κ2) is 4.49. The van der Waals surface area contributed by atoms with Gasteiger partial charge in [0.2, 0.25) is 0 Å². The van der Waals surface area contributed by atoms with E-state index in [1.54, 1.807) is 38.1 Å². The second-order valence-corrected chi connectivity index (χ2v) is 7.11. The molecule has 4 nitrogen and oxygen atoms in total. The molecule has 1 aromatic carbocycles. The predicted octanol–water partition coefficient (Wildman–Crippen LogP) is 1.59. The molecule has 0 bridgehead atoms. The second-order valence-electron chi connectivity index (χ2n) is 4.55. The lowest BCUT2D eigenvalue weighted by Crippen LogP contribution is -2.27. The van der Waals surface area contributed by atoms with Crippen LogP contribution in [0.5, 0.6) is 0 Å². The summed E-state index contributed by atoms with van der Waals surface area (Å²) < 4.78 is 22.3. The van der Waals surface area contributed by atoms with E-state index in [4.69, 9.17) is 5.11 Å². The Morgan fingerprint density at radius 2 is 1.71 bits per heavy atom. The third-order valence-electron chi connectivity index (χ3n) is 2.93. The molecule has 0 atom stereocenters. The Bertz CT molecular complexity index is 512. The summed E-state index contributed by atoms with van der Waals surface area (Å²) in [7, 11) is -3.21. The smallest absolute Gasteiger partial charge is 0.307 e. The van der Waals surface area contributed by atoms with Gasteiger partial charge in [0.1, 0.15) is 0 Å². The molecule has 0 heterocycles.